The molecule has 0 saturated carbocycles. The molecule has 1 atom stereocenters. The molecule has 0 radical (unpaired) electrons. The molecule has 2 aromatic rings. The Hall–Kier alpha value is -0.500. The van der Waals surface area contributed by atoms with Gasteiger partial charge < -0.3 is 0 Å². The van der Waals surface area contributed by atoms with E-state index >= 15 is 0 Å². The Balaban J connectivity index is 2.51. The van der Waals surface area contributed by atoms with Crippen molar-refractivity contribution in [2.75, 3.05) is 0 Å². The van der Waals surface area contributed by atoms with E-state index in [2.05, 4.69) is 48.0 Å². The van der Waals surface area contributed by atoms with E-state index in [9.17, 15) is 0 Å². The van der Waals surface area contributed by atoms with Gasteiger partial charge in [0.1, 0.15) is 0 Å². The van der Waals surface area contributed by atoms with E-state index in [1.165, 1.54) is 16.7 Å². The van der Waals surface area contributed by atoms with E-state index in [4.69, 9.17) is 23.2 Å². The van der Waals surface area contributed by atoms with Crippen LogP contribution in [0.4, 0.5) is 0 Å². The minimum absolute atomic E-state index is 0.0132. The van der Waals surface area contributed by atoms with Crippen molar-refractivity contribution < 1.29 is 0 Å². The molecule has 0 saturated heterocycles. The van der Waals surface area contributed by atoms with Gasteiger partial charge in [-0.3, -0.25) is 0 Å². The van der Waals surface area contributed by atoms with Gasteiger partial charge in [0.2, 0.25) is 0 Å². The number of halogens is 3. The summed E-state index contributed by atoms with van der Waals surface area (Å²) < 4.78 is 0. The quantitative estimate of drug-likeness (QED) is 0.578. The summed E-state index contributed by atoms with van der Waals surface area (Å²) in [5.74, 6) is 0. The summed E-state index contributed by atoms with van der Waals surface area (Å²) >= 11 is 16.2. The SMILES string of the molecule is Cc1ccc(C(Br)c2c(Cl)cccc2Cl)c(C)c1. The molecule has 0 nitrogen and oxygen atoms in total. The van der Waals surface area contributed by atoms with Gasteiger partial charge in [-0.15, -0.1) is 0 Å². The van der Waals surface area contributed by atoms with Crippen LogP contribution < -0.4 is 0 Å². The summed E-state index contributed by atoms with van der Waals surface area (Å²) in [6.45, 7) is 4.18. The normalized spacial score (nSPS) is 12.5. The largest absolute Gasteiger partial charge is 0.0839 e. The first-order valence-electron chi connectivity index (χ1n) is 5.66. The van der Waals surface area contributed by atoms with Gasteiger partial charge in [0.15, 0.2) is 0 Å². The second-order valence-corrected chi connectivity index (χ2v) is 6.09. The maximum absolute atomic E-state index is 6.24. The Morgan fingerprint density at radius 1 is 1.00 bits per heavy atom. The molecule has 18 heavy (non-hydrogen) atoms. The standard InChI is InChI=1S/C15H13BrCl2/c1-9-6-7-11(10(2)8-9)15(16)14-12(17)4-3-5-13(14)18/h3-8,15H,1-2H3. The van der Waals surface area contributed by atoms with Gasteiger partial charge in [0.05, 0.1) is 4.83 Å². The van der Waals surface area contributed by atoms with Crippen LogP contribution in [0.3, 0.4) is 0 Å². The van der Waals surface area contributed by atoms with Gasteiger partial charge in [-0.25, -0.2) is 0 Å². The number of benzene rings is 2. The molecule has 0 aliphatic rings. The maximum Gasteiger partial charge on any atom is 0.0676 e. The van der Waals surface area contributed by atoms with Crippen molar-refractivity contribution in [3.63, 3.8) is 0 Å². The highest BCUT2D eigenvalue weighted by Gasteiger charge is 2.18. The topological polar surface area (TPSA) is 0 Å². The number of aryl methyl sites for hydroxylation is 2. The zero-order chi connectivity index (χ0) is 13.3. The zero-order valence-corrected chi connectivity index (χ0v) is 13.3. The Labute approximate surface area is 126 Å². The van der Waals surface area contributed by atoms with Crippen molar-refractivity contribution >= 4 is 39.1 Å². The summed E-state index contributed by atoms with van der Waals surface area (Å²) in [4.78, 5) is 0.0132. The fraction of sp³-hybridized carbons (Fsp3) is 0.200. The third-order valence-electron chi connectivity index (χ3n) is 2.95. The van der Waals surface area contributed by atoms with Crippen molar-refractivity contribution in [1.82, 2.24) is 0 Å². The highest BCUT2D eigenvalue weighted by atomic mass is 79.9. The minimum atomic E-state index is 0.0132. The molecule has 0 aromatic heterocycles. The molecule has 0 aliphatic heterocycles. The fourth-order valence-corrected chi connectivity index (χ4v) is 3.90. The van der Waals surface area contributed by atoms with Crippen molar-refractivity contribution in [1.29, 1.82) is 0 Å². The number of alkyl halides is 1. The predicted molar refractivity (Wildman–Crippen MR) is 83.1 cm³/mol. The molecule has 94 valence electrons. The molecular formula is C15H13BrCl2. The number of rotatable bonds is 2. The lowest BCUT2D eigenvalue weighted by Crippen LogP contribution is -1.98. The van der Waals surface area contributed by atoms with Crippen molar-refractivity contribution in [3.05, 3.63) is 68.7 Å². The summed E-state index contributed by atoms with van der Waals surface area (Å²) in [6.07, 6.45) is 0. The van der Waals surface area contributed by atoms with Gasteiger partial charge in [0, 0.05) is 15.6 Å². The number of hydrogen-bond acceptors (Lipinski definition) is 0. The van der Waals surface area contributed by atoms with Crippen LogP contribution in [0.2, 0.25) is 10.0 Å². The summed E-state index contributed by atoms with van der Waals surface area (Å²) in [7, 11) is 0. The molecule has 0 spiro atoms. The average Bonchev–Trinajstić information content (AvgIpc) is 2.28. The van der Waals surface area contributed by atoms with E-state index in [-0.39, 0.29) is 4.83 Å². The second-order valence-electron chi connectivity index (χ2n) is 4.36. The van der Waals surface area contributed by atoms with Crippen LogP contribution in [0.25, 0.3) is 0 Å². The van der Waals surface area contributed by atoms with Gasteiger partial charge in [0.25, 0.3) is 0 Å². The Kier molecular flexibility index (Phi) is 4.37. The van der Waals surface area contributed by atoms with Crippen molar-refractivity contribution in [2.45, 2.75) is 18.7 Å². The van der Waals surface area contributed by atoms with Crippen LogP contribution >= 0.6 is 39.1 Å². The van der Waals surface area contributed by atoms with E-state index < -0.39 is 0 Å². The highest BCUT2D eigenvalue weighted by Crippen LogP contribution is 2.40. The van der Waals surface area contributed by atoms with Gasteiger partial charge in [-0.05, 0) is 37.1 Å². The molecule has 0 bridgehead atoms. The van der Waals surface area contributed by atoms with Crippen LogP contribution in [0, 0.1) is 13.8 Å². The summed E-state index contributed by atoms with van der Waals surface area (Å²) in [5.41, 5.74) is 4.59. The third-order valence-corrected chi connectivity index (χ3v) is 4.56. The van der Waals surface area contributed by atoms with Crippen LogP contribution in [-0.4, -0.2) is 0 Å². The van der Waals surface area contributed by atoms with Gasteiger partial charge >= 0.3 is 0 Å². The van der Waals surface area contributed by atoms with E-state index in [1.54, 1.807) is 0 Å². The molecule has 0 amide bonds. The predicted octanol–water partition coefficient (Wildman–Crippen LogP) is 6.09. The molecule has 1 unspecified atom stereocenters. The lowest BCUT2D eigenvalue weighted by molar-refractivity contribution is 1.14. The van der Waals surface area contributed by atoms with Crippen molar-refractivity contribution in [2.24, 2.45) is 0 Å². The molecule has 2 aromatic carbocycles. The molecule has 0 heterocycles. The first-order chi connectivity index (χ1) is 8.50. The Morgan fingerprint density at radius 3 is 2.17 bits per heavy atom. The smallest absolute Gasteiger partial charge is 0.0676 e. The lowest BCUT2D eigenvalue weighted by Gasteiger charge is -2.17. The summed E-state index contributed by atoms with van der Waals surface area (Å²) in [5, 5.41) is 1.37. The van der Waals surface area contributed by atoms with Crippen LogP contribution in [-0.2, 0) is 0 Å². The first kappa shape index (κ1) is 13.9. The fourth-order valence-electron chi connectivity index (χ4n) is 2.02. The van der Waals surface area contributed by atoms with E-state index in [0.29, 0.717) is 10.0 Å². The Morgan fingerprint density at radius 2 is 1.61 bits per heavy atom. The maximum atomic E-state index is 6.24. The first-order valence-corrected chi connectivity index (χ1v) is 7.33. The van der Waals surface area contributed by atoms with Crippen molar-refractivity contribution in [3.8, 4) is 0 Å². The monoisotopic (exact) mass is 342 g/mol. The lowest BCUT2D eigenvalue weighted by atomic mass is 9.99. The molecule has 2 rings (SSSR count). The molecule has 3 heteroatoms. The molecule has 0 aliphatic carbocycles. The third kappa shape index (κ3) is 2.74. The van der Waals surface area contributed by atoms with E-state index in [1.807, 2.05) is 18.2 Å². The minimum Gasteiger partial charge on any atom is -0.0839 e. The van der Waals surface area contributed by atoms with E-state index in [0.717, 1.165) is 5.56 Å². The van der Waals surface area contributed by atoms with Gasteiger partial charge in [-0.2, -0.15) is 0 Å². The average molecular weight is 344 g/mol. The second kappa shape index (κ2) is 5.64. The van der Waals surface area contributed by atoms with Crippen LogP contribution in [0.1, 0.15) is 27.1 Å². The zero-order valence-electron chi connectivity index (χ0n) is 10.2. The Bertz CT molecular complexity index is 558. The van der Waals surface area contributed by atoms with Crippen LogP contribution in [0.5, 0.6) is 0 Å². The summed E-state index contributed by atoms with van der Waals surface area (Å²) in [6, 6.07) is 12.0. The highest BCUT2D eigenvalue weighted by molar-refractivity contribution is 9.09. The molecule has 0 N–H and O–H groups in total. The molecule has 0 fully saturated rings. The van der Waals surface area contributed by atoms with Crippen LogP contribution in [0.15, 0.2) is 36.4 Å². The number of hydrogen-bond donors (Lipinski definition) is 0. The molecular weight excluding hydrogens is 331 g/mol. The van der Waals surface area contributed by atoms with Gasteiger partial charge in [-0.1, -0.05) is 69.0 Å².